The van der Waals surface area contributed by atoms with Gasteiger partial charge >= 0.3 is 5.97 Å². The van der Waals surface area contributed by atoms with Crippen molar-refractivity contribution in [3.63, 3.8) is 0 Å². The quantitative estimate of drug-likeness (QED) is 0.711. The number of primary amides is 1. The molecule has 0 radical (unpaired) electrons. The highest BCUT2D eigenvalue weighted by Gasteiger charge is 2.07. The molecule has 8 nitrogen and oxygen atoms in total. The first-order chi connectivity index (χ1) is 9.95. The fraction of sp³-hybridized carbons (Fsp3) is 0.231. The van der Waals surface area contributed by atoms with Gasteiger partial charge in [-0.25, -0.2) is 14.8 Å². The van der Waals surface area contributed by atoms with Gasteiger partial charge in [-0.05, 0) is 19.1 Å². The van der Waals surface area contributed by atoms with Crippen LogP contribution in [-0.4, -0.2) is 38.1 Å². The Morgan fingerprint density at radius 3 is 2.81 bits per heavy atom. The van der Waals surface area contributed by atoms with E-state index in [4.69, 9.17) is 10.8 Å². The Labute approximate surface area is 120 Å². The van der Waals surface area contributed by atoms with E-state index in [1.165, 1.54) is 12.5 Å². The van der Waals surface area contributed by atoms with Crippen LogP contribution >= 0.6 is 0 Å². The number of imidazole rings is 1. The van der Waals surface area contributed by atoms with Crippen LogP contribution in [0.5, 0.6) is 0 Å². The van der Waals surface area contributed by atoms with Crippen molar-refractivity contribution >= 4 is 17.7 Å². The average Bonchev–Trinajstić information content (AvgIpc) is 2.87. The smallest absolute Gasteiger partial charge is 0.356 e. The summed E-state index contributed by atoms with van der Waals surface area (Å²) in [6.45, 7) is 2.79. The maximum Gasteiger partial charge on any atom is 0.356 e. The van der Waals surface area contributed by atoms with Gasteiger partial charge < -0.3 is 20.7 Å². The number of nitrogens with two attached hydrogens (primary N) is 1. The lowest BCUT2D eigenvalue weighted by molar-refractivity contribution is 0.0690. The summed E-state index contributed by atoms with van der Waals surface area (Å²) in [4.78, 5) is 29.9. The van der Waals surface area contributed by atoms with Gasteiger partial charge in [0.05, 0.1) is 6.33 Å². The van der Waals surface area contributed by atoms with E-state index in [-0.39, 0.29) is 5.69 Å². The van der Waals surface area contributed by atoms with Crippen LogP contribution < -0.4 is 11.1 Å². The van der Waals surface area contributed by atoms with Crippen LogP contribution in [0.15, 0.2) is 24.7 Å². The minimum Gasteiger partial charge on any atom is -0.476 e. The van der Waals surface area contributed by atoms with Crippen LogP contribution in [0.1, 0.15) is 26.5 Å². The highest BCUT2D eigenvalue weighted by atomic mass is 16.4. The first-order valence-electron chi connectivity index (χ1n) is 6.23. The molecule has 0 spiro atoms. The van der Waals surface area contributed by atoms with Gasteiger partial charge in [0.2, 0.25) is 5.91 Å². The molecule has 0 atom stereocenters. The number of hydrogen-bond donors (Lipinski definition) is 3. The Morgan fingerprint density at radius 1 is 1.43 bits per heavy atom. The summed E-state index contributed by atoms with van der Waals surface area (Å²) in [6, 6.07) is 3.19. The van der Waals surface area contributed by atoms with Crippen molar-refractivity contribution in [1.29, 1.82) is 0 Å². The lowest BCUT2D eigenvalue weighted by Gasteiger charge is -2.08. The van der Waals surface area contributed by atoms with Gasteiger partial charge in [-0.1, -0.05) is 0 Å². The van der Waals surface area contributed by atoms with Crippen molar-refractivity contribution in [1.82, 2.24) is 14.5 Å². The number of pyridine rings is 1. The fourth-order valence-electron chi connectivity index (χ4n) is 1.81. The monoisotopic (exact) mass is 289 g/mol. The molecule has 8 heteroatoms. The number of carboxylic acids is 1. The van der Waals surface area contributed by atoms with Crippen LogP contribution in [0.3, 0.4) is 0 Å². The SMILES string of the molecule is Cc1cc(C(N)=O)cc(NCCn2cnc(C(=O)O)c2)n1. The van der Waals surface area contributed by atoms with Crippen LogP contribution in [0.25, 0.3) is 0 Å². The van der Waals surface area contributed by atoms with E-state index in [0.717, 1.165) is 0 Å². The number of nitrogens with one attached hydrogen (secondary N) is 1. The molecule has 2 aromatic rings. The number of anilines is 1. The number of carbonyl (C=O) groups excluding carboxylic acids is 1. The Kier molecular flexibility index (Phi) is 4.17. The van der Waals surface area contributed by atoms with E-state index in [2.05, 4.69) is 15.3 Å². The first-order valence-corrected chi connectivity index (χ1v) is 6.23. The van der Waals surface area contributed by atoms with Crippen molar-refractivity contribution in [3.8, 4) is 0 Å². The molecule has 2 heterocycles. The zero-order valence-electron chi connectivity index (χ0n) is 11.4. The second-order valence-electron chi connectivity index (χ2n) is 4.48. The summed E-state index contributed by atoms with van der Waals surface area (Å²) < 4.78 is 1.65. The number of hydrogen-bond acceptors (Lipinski definition) is 5. The minimum absolute atomic E-state index is 0.000282. The van der Waals surface area contributed by atoms with Gasteiger partial charge in [0.15, 0.2) is 5.69 Å². The average molecular weight is 289 g/mol. The summed E-state index contributed by atoms with van der Waals surface area (Å²) in [5.74, 6) is -1.03. The molecule has 0 aliphatic rings. The number of carboxylic acid groups (broad SMARTS) is 1. The standard InChI is InChI=1S/C13H15N5O3/c1-8-4-9(12(14)19)5-11(17-8)15-2-3-18-6-10(13(20)21)16-7-18/h4-7H,2-3H2,1H3,(H2,14,19)(H,15,17)(H,20,21). The Balaban J connectivity index is 1.96. The van der Waals surface area contributed by atoms with Gasteiger partial charge in [-0.3, -0.25) is 4.79 Å². The summed E-state index contributed by atoms with van der Waals surface area (Å²) in [6.07, 6.45) is 2.90. The van der Waals surface area contributed by atoms with Crippen LogP contribution in [0.4, 0.5) is 5.82 Å². The van der Waals surface area contributed by atoms with Gasteiger partial charge in [0, 0.05) is 30.5 Å². The third kappa shape index (κ3) is 3.78. The molecule has 1 amide bonds. The minimum atomic E-state index is -1.06. The zero-order chi connectivity index (χ0) is 15.4. The summed E-state index contributed by atoms with van der Waals surface area (Å²) in [5, 5.41) is 11.8. The number of rotatable bonds is 6. The van der Waals surface area contributed by atoms with E-state index in [1.54, 1.807) is 23.6 Å². The normalized spacial score (nSPS) is 10.3. The van der Waals surface area contributed by atoms with E-state index in [1.807, 2.05) is 0 Å². The number of amides is 1. The third-order valence-electron chi connectivity index (χ3n) is 2.77. The summed E-state index contributed by atoms with van der Waals surface area (Å²) >= 11 is 0. The van der Waals surface area contributed by atoms with Crippen molar-refractivity contribution in [2.45, 2.75) is 13.5 Å². The van der Waals surface area contributed by atoms with Gasteiger partial charge in [-0.15, -0.1) is 0 Å². The van der Waals surface area contributed by atoms with Crippen LogP contribution in [0.2, 0.25) is 0 Å². The molecule has 2 rings (SSSR count). The molecule has 2 aromatic heterocycles. The van der Waals surface area contributed by atoms with E-state index in [0.29, 0.717) is 30.2 Å². The van der Waals surface area contributed by atoms with Crippen molar-refractivity contribution in [3.05, 3.63) is 41.6 Å². The second kappa shape index (κ2) is 6.04. The Morgan fingerprint density at radius 2 is 2.19 bits per heavy atom. The van der Waals surface area contributed by atoms with Gasteiger partial charge in [-0.2, -0.15) is 0 Å². The van der Waals surface area contributed by atoms with E-state index >= 15 is 0 Å². The lowest BCUT2D eigenvalue weighted by Crippen LogP contribution is -2.14. The predicted molar refractivity (Wildman–Crippen MR) is 75.2 cm³/mol. The number of nitrogens with zero attached hydrogens (tertiary/aromatic N) is 3. The Hall–Kier alpha value is -2.90. The molecule has 0 saturated heterocycles. The molecular formula is C13H15N5O3. The maximum absolute atomic E-state index is 11.2. The summed E-state index contributed by atoms with van der Waals surface area (Å²) in [5.41, 5.74) is 6.31. The van der Waals surface area contributed by atoms with Crippen molar-refractivity contribution in [2.75, 3.05) is 11.9 Å². The molecule has 21 heavy (non-hydrogen) atoms. The molecule has 4 N–H and O–H groups in total. The summed E-state index contributed by atoms with van der Waals surface area (Å²) in [7, 11) is 0. The molecule has 0 unspecified atom stereocenters. The number of aryl methyl sites for hydroxylation is 1. The second-order valence-corrected chi connectivity index (χ2v) is 4.48. The van der Waals surface area contributed by atoms with Crippen molar-refractivity contribution < 1.29 is 14.7 Å². The molecule has 0 bridgehead atoms. The zero-order valence-corrected chi connectivity index (χ0v) is 11.4. The highest BCUT2D eigenvalue weighted by Crippen LogP contribution is 2.09. The van der Waals surface area contributed by atoms with Crippen LogP contribution in [-0.2, 0) is 6.54 Å². The molecule has 0 saturated carbocycles. The molecule has 0 aromatic carbocycles. The Bertz CT molecular complexity index is 680. The topological polar surface area (TPSA) is 123 Å². The van der Waals surface area contributed by atoms with Gasteiger partial charge in [0.1, 0.15) is 5.82 Å². The first kappa shape index (κ1) is 14.5. The van der Waals surface area contributed by atoms with E-state index in [9.17, 15) is 9.59 Å². The van der Waals surface area contributed by atoms with E-state index < -0.39 is 11.9 Å². The predicted octanol–water partition coefficient (Wildman–Crippen LogP) is 0.496. The maximum atomic E-state index is 11.2. The van der Waals surface area contributed by atoms with Crippen LogP contribution in [0, 0.1) is 6.92 Å². The third-order valence-corrected chi connectivity index (χ3v) is 2.77. The molecule has 0 fully saturated rings. The molecule has 0 aliphatic heterocycles. The van der Waals surface area contributed by atoms with Crippen molar-refractivity contribution in [2.24, 2.45) is 5.73 Å². The largest absolute Gasteiger partial charge is 0.476 e. The fourth-order valence-corrected chi connectivity index (χ4v) is 1.81. The molecule has 0 aliphatic carbocycles. The van der Waals surface area contributed by atoms with Gasteiger partial charge in [0.25, 0.3) is 0 Å². The highest BCUT2D eigenvalue weighted by molar-refractivity contribution is 5.93. The number of carbonyl (C=O) groups is 2. The number of aromatic carboxylic acids is 1. The molecular weight excluding hydrogens is 274 g/mol. The molecule has 110 valence electrons. The number of aromatic nitrogens is 3. The lowest BCUT2D eigenvalue weighted by atomic mass is 10.2.